The van der Waals surface area contributed by atoms with Gasteiger partial charge in [0.25, 0.3) is 5.91 Å². The number of sulfonamides is 1. The molecule has 1 aromatic rings. The van der Waals surface area contributed by atoms with E-state index in [1.165, 1.54) is 12.1 Å². The normalized spacial score (nSPS) is 29.9. The number of nitrogens with zero attached hydrogens (tertiary/aromatic N) is 1. The summed E-state index contributed by atoms with van der Waals surface area (Å²) in [6.45, 7) is 2.24. The first-order valence-corrected chi connectivity index (χ1v) is 16.0. The molecule has 228 valence electrons. The lowest BCUT2D eigenvalue weighted by Gasteiger charge is -2.26. The van der Waals surface area contributed by atoms with Gasteiger partial charge in [0.05, 0.1) is 22.8 Å². The molecule has 3 N–H and O–H groups in total. The molecule has 4 aliphatic rings. The average Bonchev–Trinajstić information content (AvgIpc) is 3.85. The van der Waals surface area contributed by atoms with E-state index in [0.717, 1.165) is 18.4 Å². The zero-order chi connectivity index (χ0) is 30.2. The second kappa shape index (κ2) is 11.7. The molecule has 3 aliphatic carbocycles. The lowest BCUT2D eigenvalue weighted by atomic mass is 9.93. The van der Waals surface area contributed by atoms with Gasteiger partial charge in [-0.1, -0.05) is 18.2 Å². The number of carbonyl (C=O) groups is 4. The van der Waals surface area contributed by atoms with Crippen LogP contribution in [0.1, 0.15) is 56.9 Å². The first-order chi connectivity index (χ1) is 19.9. The summed E-state index contributed by atoms with van der Waals surface area (Å²) in [6.07, 6.45) is 5.57. The molecular formula is C29H37FN4O7S. The third kappa shape index (κ3) is 6.45. The van der Waals surface area contributed by atoms with Crippen molar-refractivity contribution in [2.45, 2.75) is 75.2 Å². The number of hydrogen-bond donors (Lipinski definition) is 3. The Balaban J connectivity index is 1.35. The van der Waals surface area contributed by atoms with E-state index in [0.29, 0.717) is 25.8 Å². The molecule has 0 radical (unpaired) electrons. The quantitative estimate of drug-likeness (QED) is 0.437. The van der Waals surface area contributed by atoms with Crippen molar-refractivity contribution in [1.29, 1.82) is 0 Å². The number of halogens is 1. The third-order valence-corrected chi connectivity index (χ3v) is 10.4. The van der Waals surface area contributed by atoms with Gasteiger partial charge >= 0.3 is 6.09 Å². The Labute approximate surface area is 244 Å². The van der Waals surface area contributed by atoms with Crippen LogP contribution in [0.25, 0.3) is 0 Å². The Morgan fingerprint density at radius 1 is 1.14 bits per heavy atom. The number of amides is 4. The van der Waals surface area contributed by atoms with Crippen LogP contribution >= 0.6 is 0 Å². The van der Waals surface area contributed by atoms with Gasteiger partial charge in [-0.3, -0.25) is 24.4 Å². The maximum Gasteiger partial charge on any atom is 0.411 e. The molecule has 42 heavy (non-hydrogen) atoms. The van der Waals surface area contributed by atoms with Crippen LogP contribution < -0.4 is 15.4 Å². The number of ether oxygens (including phenoxy) is 1. The minimum atomic E-state index is -3.84. The number of fused-ring (bicyclic) bond motifs is 2. The zero-order valence-corrected chi connectivity index (χ0v) is 24.5. The van der Waals surface area contributed by atoms with Crippen molar-refractivity contribution in [3.8, 4) is 0 Å². The average molecular weight is 605 g/mol. The van der Waals surface area contributed by atoms with Crippen LogP contribution in [0.5, 0.6) is 0 Å². The standard InChI is InChI=1S/C29H37FN4O7S/c1-17-8-11-23(30)24(13-17)31-28(38)41-19-14-21-22(15-19)26(36)34(2)12-6-4-3-5-7-18-16-29(18,32-25(21)35)27(37)33-42(39,40)20-9-10-20/h5,7-8,11,13,18-22H,3-4,6,9-10,12,14-16H2,1-2H3,(H,31,38)(H,32,35)(H,33,37)/t18-,19-,21-,22-,29-/m1/s1. The zero-order valence-electron chi connectivity index (χ0n) is 23.7. The summed E-state index contributed by atoms with van der Waals surface area (Å²) in [5, 5.41) is 4.57. The van der Waals surface area contributed by atoms with Gasteiger partial charge in [-0.2, -0.15) is 0 Å². The number of benzene rings is 1. The fourth-order valence-electron chi connectivity index (χ4n) is 5.92. The van der Waals surface area contributed by atoms with Gasteiger partial charge < -0.3 is 15.0 Å². The minimum Gasteiger partial charge on any atom is -0.446 e. The topological polar surface area (TPSA) is 151 Å². The fraction of sp³-hybridized carbons (Fsp3) is 0.586. The van der Waals surface area contributed by atoms with Crippen LogP contribution in [0, 0.1) is 30.5 Å². The molecule has 4 amide bonds. The van der Waals surface area contributed by atoms with E-state index in [1.807, 2.05) is 12.2 Å². The van der Waals surface area contributed by atoms with Crippen LogP contribution in [0.15, 0.2) is 30.4 Å². The maximum atomic E-state index is 14.2. The first kappa shape index (κ1) is 30.0. The summed E-state index contributed by atoms with van der Waals surface area (Å²) < 4.78 is 46.9. The minimum absolute atomic E-state index is 0.0123. The molecule has 1 aliphatic heterocycles. The molecule has 3 fully saturated rings. The van der Waals surface area contributed by atoms with Crippen LogP contribution in [0.3, 0.4) is 0 Å². The summed E-state index contributed by atoms with van der Waals surface area (Å²) in [5.41, 5.74) is -0.761. The van der Waals surface area contributed by atoms with Crippen molar-refractivity contribution in [2.24, 2.45) is 17.8 Å². The van der Waals surface area contributed by atoms with Crippen molar-refractivity contribution < 1.29 is 36.7 Å². The summed E-state index contributed by atoms with van der Waals surface area (Å²) >= 11 is 0. The molecule has 0 aromatic heterocycles. The van der Waals surface area contributed by atoms with Gasteiger partial charge in [-0.25, -0.2) is 17.6 Å². The number of anilines is 1. The van der Waals surface area contributed by atoms with E-state index in [9.17, 15) is 32.0 Å². The van der Waals surface area contributed by atoms with E-state index in [1.54, 1.807) is 24.9 Å². The molecule has 0 bridgehead atoms. The number of carbonyl (C=O) groups excluding carboxylic acids is 4. The summed E-state index contributed by atoms with van der Waals surface area (Å²) in [6, 6.07) is 4.25. The molecule has 3 saturated carbocycles. The van der Waals surface area contributed by atoms with Gasteiger partial charge in [0.15, 0.2) is 0 Å². The van der Waals surface area contributed by atoms with Gasteiger partial charge in [0, 0.05) is 19.5 Å². The molecule has 5 atom stereocenters. The van der Waals surface area contributed by atoms with Crippen molar-refractivity contribution in [3.05, 3.63) is 41.7 Å². The number of allylic oxidation sites excluding steroid dienone is 1. The highest BCUT2D eigenvalue weighted by molar-refractivity contribution is 7.91. The highest BCUT2D eigenvalue weighted by Gasteiger charge is 2.62. The van der Waals surface area contributed by atoms with Crippen molar-refractivity contribution in [2.75, 3.05) is 18.9 Å². The smallest absolute Gasteiger partial charge is 0.411 e. The van der Waals surface area contributed by atoms with Crippen LogP contribution in [0.2, 0.25) is 0 Å². The van der Waals surface area contributed by atoms with E-state index >= 15 is 0 Å². The summed E-state index contributed by atoms with van der Waals surface area (Å²) in [4.78, 5) is 54.8. The van der Waals surface area contributed by atoms with Gasteiger partial charge in [-0.15, -0.1) is 0 Å². The molecule has 5 rings (SSSR count). The molecule has 0 spiro atoms. The largest absolute Gasteiger partial charge is 0.446 e. The lowest BCUT2D eigenvalue weighted by Crippen LogP contribution is -2.54. The number of hydrogen-bond acceptors (Lipinski definition) is 7. The molecule has 1 aromatic carbocycles. The van der Waals surface area contributed by atoms with Crippen molar-refractivity contribution >= 4 is 39.5 Å². The SMILES string of the molecule is Cc1ccc(F)c(NC(=O)O[C@@H]2C[C@H]3C(=O)N[C@]4(C(=O)NS(=O)(=O)C5CC5)C[C@H]4C=CCCCCN(C)C(=O)[C@@H]3C2)c1. The summed E-state index contributed by atoms with van der Waals surface area (Å²) in [7, 11) is -2.18. The third-order valence-electron chi connectivity index (χ3n) is 8.63. The molecular weight excluding hydrogens is 567 g/mol. The number of nitrogens with one attached hydrogen (secondary N) is 3. The van der Waals surface area contributed by atoms with E-state index in [-0.39, 0.29) is 36.8 Å². The number of aryl methyl sites for hydroxylation is 1. The lowest BCUT2D eigenvalue weighted by molar-refractivity contribution is -0.140. The molecule has 0 unspecified atom stereocenters. The fourth-order valence-corrected chi connectivity index (χ4v) is 7.28. The highest BCUT2D eigenvalue weighted by atomic mass is 32.2. The van der Waals surface area contributed by atoms with Crippen LogP contribution in [-0.4, -0.2) is 67.6 Å². The first-order valence-electron chi connectivity index (χ1n) is 14.4. The Hall–Kier alpha value is -3.48. The molecule has 13 heteroatoms. The van der Waals surface area contributed by atoms with Gasteiger partial charge in [0.1, 0.15) is 17.5 Å². The van der Waals surface area contributed by atoms with Crippen LogP contribution in [-0.2, 0) is 29.1 Å². The predicted molar refractivity (Wildman–Crippen MR) is 151 cm³/mol. The van der Waals surface area contributed by atoms with E-state index in [2.05, 4.69) is 15.4 Å². The predicted octanol–water partition coefficient (Wildman–Crippen LogP) is 2.76. The Morgan fingerprint density at radius 2 is 1.88 bits per heavy atom. The monoisotopic (exact) mass is 604 g/mol. The van der Waals surface area contributed by atoms with Gasteiger partial charge in [-0.05, 0) is 76.0 Å². The second-order valence-electron chi connectivity index (χ2n) is 12.0. The Morgan fingerprint density at radius 3 is 2.62 bits per heavy atom. The van der Waals surface area contributed by atoms with Crippen molar-refractivity contribution in [1.82, 2.24) is 14.9 Å². The van der Waals surface area contributed by atoms with Crippen LogP contribution in [0.4, 0.5) is 14.9 Å². The number of rotatable bonds is 5. The molecule has 11 nitrogen and oxygen atoms in total. The molecule has 0 saturated heterocycles. The van der Waals surface area contributed by atoms with Crippen molar-refractivity contribution in [3.63, 3.8) is 0 Å². The summed E-state index contributed by atoms with van der Waals surface area (Å²) in [5.74, 6) is -4.41. The molecule has 1 heterocycles. The Bertz CT molecular complexity index is 1410. The van der Waals surface area contributed by atoms with E-state index in [4.69, 9.17) is 4.74 Å². The maximum absolute atomic E-state index is 14.2. The highest BCUT2D eigenvalue weighted by Crippen LogP contribution is 2.47. The van der Waals surface area contributed by atoms with Gasteiger partial charge in [0.2, 0.25) is 21.8 Å². The second-order valence-corrected chi connectivity index (χ2v) is 13.9. The van der Waals surface area contributed by atoms with E-state index < -0.39 is 62.5 Å². The Kier molecular flexibility index (Phi) is 8.32.